The van der Waals surface area contributed by atoms with E-state index in [9.17, 15) is 14.4 Å². The lowest BCUT2D eigenvalue weighted by molar-refractivity contribution is -0.128. The zero-order chi connectivity index (χ0) is 21.6. The molecule has 0 N–H and O–H groups in total. The molecular formula is C26H17NO5. The van der Waals surface area contributed by atoms with Crippen LogP contribution in [0, 0.1) is 11.8 Å². The van der Waals surface area contributed by atoms with Crippen LogP contribution in [0.3, 0.4) is 0 Å². The van der Waals surface area contributed by atoms with E-state index in [2.05, 4.69) is 0 Å². The Balaban J connectivity index is 1.48. The Morgan fingerprint density at radius 2 is 1.50 bits per heavy atom. The molecule has 3 aromatic carbocycles. The molecule has 5 aliphatic rings. The molecule has 6 nitrogen and oxygen atoms in total. The van der Waals surface area contributed by atoms with Gasteiger partial charge >= 0.3 is 0 Å². The fourth-order valence-corrected chi connectivity index (χ4v) is 6.31. The predicted octanol–water partition coefficient (Wildman–Crippen LogP) is 3.17. The second-order valence-electron chi connectivity index (χ2n) is 8.69. The molecule has 156 valence electrons. The average molecular weight is 423 g/mol. The lowest BCUT2D eigenvalue weighted by atomic mass is 9.48. The number of benzene rings is 3. The molecular weight excluding hydrogens is 406 g/mol. The van der Waals surface area contributed by atoms with Crippen molar-refractivity contribution in [2.75, 3.05) is 11.7 Å². The Hall–Kier alpha value is -3.93. The first kappa shape index (κ1) is 17.7. The van der Waals surface area contributed by atoms with Crippen molar-refractivity contribution in [3.05, 3.63) is 89.0 Å². The Morgan fingerprint density at radius 3 is 2.19 bits per heavy atom. The maximum Gasteiger partial charge on any atom is 0.239 e. The van der Waals surface area contributed by atoms with Crippen LogP contribution in [0.1, 0.15) is 28.2 Å². The first-order valence-corrected chi connectivity index (χ1v) is 10.6. The smallest absolute Gasteiger partial charge is 0.239 e. The van der Waals surface area contributed by atoms with Crippen molar-refractivity contribution in [1.82, 2.24) is 0 Å². The Morgan fingerprint density at radius 1 is 0.844 bits per heavy atom. The number of carbonyl (C=O) groups is 3. The summed E-state index contributed by atoms with van der Waals surface area (Å²) in [6.45, 7) is 0.104. The number of anilines is 1. The van der Waals surface area contributed by atoms with Gasteiger partial charge in [-0.25, -0.2) is 4.90 Å². The number of carbonyl (C=O) groups excluding carboxylic acids is 3. The summed E-state index contributed by atoms with van der Waals surface area (Å²) in [5, 5.41) is 0. The second-order valence-corrected chi connectivity index (χ2v) is 8.69. The molecule has 0 unspecified atom stereocenters. The lowest BCUT2D eigenvalue weighted by Crippen LogP contribution is -2.54. The highest BCUT2D eigenvalue weighted by molar-refractivity contribution is 6.25. The van der Waals surface area contributed by atoms with Crippen molar-refractivity contribution in [3.8, 4) is 11.5 Å². The largest absolute Gasteiger partial charge is 0.454 e. The Bertz CT molecular complexity index is 1310. The third-order valence-electron chi connectivity index (χ3n) is 7.48. The SMILES string of the molecule is O=CC12c3ccccc3C(c3ccccc31)[C@@H]1C(=O)N(c3ccc4c(c3)OCO4)C(=O)[C@H]12. The Labute approximate surface area is 183 Å². The number of amides is 2. The van der Waals surface area contributed by atoms with Crippen LogP contribution in [0.4, 0.5) is 5.69 Å². The molecule has 2 heterocycles. The van der Waals surface area contributed by atoms with Crippen molar-refractivity contribution >= 4 is 23.8 Å². The molecule has 6 heteroatoms. The van der Waals surface area contributed by atoms with E-state index in [1.807, 2.05) is 48.5 Å². The summed E-state index contributed by atoms with van der Waals surface area (Å²) < 4.78 is 10.8. The molecule has 3 aliphatic carbocycles. The van der Waals surface area contributed by atoms with Gasteiger partial charge in [0.15, 0.2) is 11.5 Å². The van der Waals surface area contributed by atoms with Crippen LogP contribution in [0.15, 0.2) is 66.7 Å². The maximum atomic E-state index is 13.9. The molecule has 2 aliphatic heterocycles. The van der Waals surface area contributed by atoms with Crippen molar-refractivity contribution < 1.29 is 23.9 Å². The van der Waals surface area contributed by atoms with E-state index in [0.29, 0.717) is 17.2 Å². The third kappa shape index (κ3) is 1.85. The van der Waals surface area contributed by atoms with Gasteiger partial charge in [0.25, 0.3) is 0 Å². The zero-order valence-corrected chi connectivity index (χ0v) is 16.9. The van der Waals surface area contributed by atoms with E-state index >= 15 is 0 Å². The molecule has 2 amide bonds. The fraction of sp³-hybridized carbons (Fsp3) is 0.192. The van der Waals surface area contributed by atoms with Gasteiger partial charge in [-0.05, 0) is 34.4 Å². The van der Waals surface area contributed by atoms with E-state index in [0.717, 1.165) is 28.5 Å². The van der Waals surface area contributed by atoms with E-state index in [1.165, 1.54) is 4.90 Å². The summed E-state index contributed by atoms with van der Waals surface area (Å²) in [5.41, 5.74) is 2.81. The molecule has 0 radical (unpaired) electrons. The van der Waals surface area contributed by atoms with Crippen LogP contribution < -0.4 is 14.4 Å². The summed E-state index contributed by atoms with van der Waals surface area (Å²) in [5.74, 6) is -1.24. The number of fused-ring (bicyclic) bond motifs is 1. The molecule has 2 atom stereocenters. The minimum atomic E-state index is -1.19. The molecule has 32 heavy (non-hydrogen) atoms. The van der Waals surface area contributed by atoms with Crippen LogP contribution in [-0.4, -0.2) is 24.9 Å². The number of ether oxygens (including phenoxy) is 2. The summed E-state index contributed by atoms with van der Waals surface area (Å²) in [7, 11) is 0. The molecule has 3 aromatic rings. The number of rotatable bonds is 2. The van der Waals surface area contributed by atoms with Gasteiger partial charge in [-0.1, -0.05) is 48.5 Å². The van der Waals surface area contributed by atoms with Crippen molar-refractivity contribution in [2.45, 2.75) is 11.3 Å². The highest BCUT2D eigenvalue weighted by atomic mass is 16.7. The van der Waals surface area contributed by atoms with Crippen LogP contribution in [0.5, 0.6) is 11.5 Å². The molecule has 0 spiro atoms. The molecule has 0 aromatic heterocycles. The quantitative estimate of drug-likeness (QED) is 0.468. The first-order chi connectivity index (χ1) is 15.7. The van der Waals surface area contributed by atoms with E-state index in [-0.39, 0.29) is 24.5 Å². The van der Waals surface area contributed by atoms with Gasteiger partial charge in [0.05, 0.1) is 22.9 Å². The maximum absolute atomic E-state index is 13.9. The highest BCUT2D eigenvalue weighted by Gasteiger charge is 2.68. The monoisotopic (exact) mass is 423 g/mol. The summed E-state index contributed by atoms with van der Waals surface area (Å²) in [6, 6.07) is 20.5. The topological polar surface area (TPSA) is 72.9 Å². The molecule has 2 bridgehead atoms. The van der Waals surface area contributed by atoms with Gasteiger partial charge in [-0.3, -0.25) is 9.59 Å². The zero-order valence-electron chi connectivity index (χ0n) is 16.9. The number of hydrogen-bond acceptors (Lipinski definition) is 5. The van der Waals surface area contributed by atoms with Gasteiger partial charge in [0, 0.05) is 12.0 Å². The molecule has 1 saturated heterocycles. The molecule has 8 rings (SSSR count). The fourth-order valence-electron chi connectivity index (χ4n) is 6.31. The minimum absolute atomic E-state index is 0.104. The van der Waals surface area contributed by atoms with Gasteiger partial charge < -0.3 is 14.3 Å². The van der Waals surface area contributed by atoms with E-state index in [1.54, 1.807) is 18.2 Å². The lowest BCUT2D eigenvalue weighted by Gasteiger charge is -2.51. The number of nitrogens with zero attached hydrogens (tertiary/aromatic N) is 1. The van der Waals surface area contributed by atoms with Gasteiger partial charge in [0.2, 0.25) is 18.6 Å². The predicted molar refractivity (Wildman–Crippen MR) is 114 cm³/mol. The highest BCUT2D eigenvalue weighted by Crippen LogP contribution is 2.63. The first-order valence-electron chi connectivity index (χ1n) is 10.6. The average Bonchev–Trinajstić information content (AvgIpc) is 3.41. The van der Waals surface area contributed by atoms with Crippen molar-refractivity contribution in [3.63, 3.8) is 0 Å². The normalized spacial score (nSPS) is 28.4. The minimum Gasteiger partial charge on any atom is -0.454 e. The summed E-state index contributed by atoms with van der Waals surface area (Å²) >= 11 is 0. The molecule has 1 fully saturated rings. The summed E-state index contributed by atoms with van der Waals surface area (Å²) in [6.07, 6.45) is 0.881. The van der Waals surface area contributed by atoms with Crippen LogP contribution in [0.2, 0.25) is 0 Å². The number of hydrogen-bond donors (Lipinski definition) is 0. The van der Waals surface area contributed by atoms with E-state index in [4.69, 9.17) is 9.47 Å². The van der Waals surface area contributed by atoms with Gasteiger partial charge in [0.1, 0.15) is 6.29 Å². The van der Waals surface area contributed by atoms with Gasteiger partial charge in [-0.15, -0.1) is 0 Å². The van der Waals surface area contributed by atoms with Crippen molar-refractivity contribution in [2.24, 2.45) is 11.8 Å². The Kier molecular flexibility index (Phi) is 3.24. The number of imide groups is 1. The molecule has 0 saturated carbocycles. The number of aldehydes is 1. The van der Waals surface area contributed by atoms with Crippen LogP contribution >= 0.6 is 0 Å². The second kappa shape index (κ2) is 5.85. The standard InChI is InChI=1S/C26H17NO5/c28-12-26-17-7-3-1-5-15(17)21(16-6-2-4-8-18(16)26)22-23(26)25(30)27(24(22)29)14-9-10-19-20(11-14)32-13-31-19/h1-12,21-23H,13H2/t21?,22-,23-,26?/m0/s1. The van der Waals surface area contributed by atoms with Crippen LogP contribution in [-0.2, 0) is 19.8 Å². The van der Waals surface area contributed by atoms with Gasteiger partial charge in [-0.2, -0.15) is 0 Å². The van der Waals surface area contributed by atoms with Crippen molar-refractivity contribution in [1.29, 1.82) is 0 Å². The van der Waals surface area contributed by atoms with Crippen LogP contribution in [0.25, 0.3) is 0 Å². The summed E-state index contributed by atoms with van der Waals surface area (Å²) in [4.78, 5) is 41.9. The van der Waals surface area contributed by atoms with E-state index < -0.39 is 17.3 Å². The third-order valence-corrected chi connectivity index (χ3v) is 7.48.